The predicted octanol–water partition coefficient (Wildman–Crippen LogP) is 2.30. The number of pyridine rings is 1. The van der Waals surface area contributed by atoms with Crippen LogP contribution in [0.1, 0.15) is 36.9 Å². The molecule has 0 aromatic carbocycles. The second-order valence-electron chi connectivity index (χ2n) is 4.58. The standard InChI is InChI=1S/C13H19N3S/c1-10-5-4-8-14-12(10)9-15-13(17)16-11-6-2-3-7-11/h4-5,8,11H,2-3,6-7,9H2,1H3,(H2,15,16,17). The van der Waals surface area contributed by atoms with E-state index in [1.165, 1.54) is 31.2 Å². The molecule has 0 amide bonds. The van der Waals surface area contributed by atoms with E-state index >= 15 is 0 Å². The highest BCUT2D eigenvalue weighted by Crippen LogP contribution is 2.17. The van der Waals surface area contributed by atoms with Crippen molar-refractivity contribution >= 4 is 17.3 Å². The Kier molecular flexibility index (Phi) is 4.31. The minimum atomic E-state index is 0.569. The number of thiocarbonyl (C=S) groups is 1. The lowest BCUT2D eigenvalue weighted by Crippen LogP contribution is -2.40. The zero-order valence-corrected chi connectivity index (χ0v) is 11.0. The van der Waals surface area contributed by atoms with Gasteiger partial charge in [-0.3, -0.25) is 4.98 Å². The van der Waals surface area contributed by atoms with E-state index in [0.717, 1.165) is 10.8 Å². The molecule has 17 heavy (non-hydrogen) atoms. The summed E-state index contributed by atoms with van der Waals surface area (Å²) < 4.78 is 0. The third-order valence-corrected chi connectivity index (χ3v) is 3.49. The highest BCUT2D eigenvalue weighted by atomic mass is 32.1. The smallest absolute Gasteiger partial charge is 0.166 e. The van der Waals surface area contributed by atoms with E-state index in [4.69, 9.17) is 12.2 Å². The summed E-state index contributed by atoms with van der Waals surface area (Å²) in [6.07, 6.45) is 6.94. The van der Waals surface area contributed by atoms with E-state index in [9.17, 15) is 0 Å². The van der Waals surface area contributed by atoms with Crippen LogP contribution in [0.15, 0.2) is 18.3 Å². The first kappa shape index (κ1) is 12.3. The Balaban J connectivity index is 1.77. The molecule has 1 aliphatic carbocycles. The van der Waals surface area contributed by atoms with Gasteiger partial charge >= 0.3 is 0 Å². The first-order valence-electron chi connectivity index (χ1n) is 6.20. The van der Waals surface area contributed by atoms with Crippen LogP contribution in [0.4, 0.5) is 0 Å². The van der Waals surface area contributed by atoms with Crippen LogP contribution >= 0.6 is 12.2 Å². The first-order valence-corrected chi connectivity index (χ1v) is 6.61. The summed E-state index contributed by atoms with van der Waals surface area (Å²) in [7, 11) is 0. The summed E-state index contributed by atoms with van der Waals surface area (Å²) in [6, 6.07) is 4.59. The van der Waals surface area contributed by atoms with Gasteiger partial charge in [0.05, 0.1) is 12.2 Å². The summed E-state index contributed by atoms with van der Waals surface area (Å²) in [4.78, 5) is 4.33. The average molecular weight is 249 g/mol. The highest BCUT2D eigenvalue weighted by molar-refractivity contribution is 7.80. The highest BCUT2D eigenvalue weighted by Gasteiger charge is 2.15. The molecule has 1 aromatic rings. The molecule has 1 heterocycles. The molecule has 1 saturated carbocycles. The maximum absolute atomic E-state index is 5.28. The molecule has 0 saturated heterocycles. The van der Waals surface area contributed by atoms with Crippen molar-refractivity contribution in [3.05, 3.63) is 29.6 Å². The minimum absolute atomic E-state index is 0.569. The average Bonchev–Trinajstić information content (AvgIpc) is 2.81. The van der Waals surface area contributed by atoms with Crippen LogP contribution in [0.25, 0.3) is 0 Å². The van der Waals surface area contributed by atoms with Gasteiger partial charge in [0.25, 0.3) is 0 Å². The Morgan fingerprint density at radius 2 is 2.24 bits per heavy atom. The zero-order valence-electron chi connectivity index (χ0n) is 10.2. The fraction of sp³-hybridized carbons (Fsp3) is 0.538. The lowest BCUT2D eigenvalue weighted by Gasteiger charge is -2.15. The summed E-state index contributed by atoms with van der Waals surface area (Å²) in [5.41, 5.74) is 2.26. The second-order valence-corrected chi connectivity index (χ2v) is 4.98. The SMILES string of the molecule is Cc1cccnc1CNC(=S)NC1CCCC1. The van der Waals surface area contributed by atoms with E-state index in [1.54, 1.807) is 0 Å². The van der Waals surface area contributed by atoms with Gasteiger partial charge in [-0.15, -0.1) is 0 Å². The molecule has 0 atom stereocenters. The maximum Gasteiger partial charge on any atom is 0.166 e. The monoisotopic (exact) mass is 249 g/mol. The molecule has 0 bridgehead atoms. The molecule has 0 unspecified atom stereocenters. The van der Waals surface area contributed by atoms with E-state index < -0.39 is 0 Å². The zero-order chi connectivity index (χ0) is 12.1. The minimum Gasteiger partial charge on any atom is -0.360 e. The maximum atomic E-state index is 5.28. The Morgan fingerprint density at radius 1 is 1.47 bits per heavy atom. The van der Waals surface area contributed by atoms with Crippen molar-refractivity contribution in [2.45, 2.75) is 45.2 Å². The van der Waals surface area contributed by atoms with Crippen LogP contribution in [-0.4, -0.2) is 16.1 Å². The molecule has 0 spiro atoms. The molecule has 92 valence electrons. The quantitative estimate of drug-likeness (QED) is 0.806. The van der Waals surface area contributed by atoms with Crippen molar-refractivity contribution in [3.8, 4) is 0 Å². The molecule has 2 rings (SSSR count). The molecule has 1 aliphatic rings. The topological polar surface area (TPSA) is 37.0 Å². The summed E-state index contributed by atoms with van der Waals surface area (Å²) in [6.45, 7) is 2.77. The Bertz CT molecular complexity index is 386. The number of nitrogens with zero attached hydrogens (tertiary/aromatic N) is 1. The van der Waals surface area contributed by atoms with Gasteiger partial charge in [-0.1, -0.05) is 18.9 Å². The van der Waals surface area contributed by atoms with Gasteiger partial charge in [0.15, 0.2) is 5.11 Å². The molecule has 4 heteroatoms. The van der Waals surface area contributed by atoms with Gasteiger partial charge in [0, 0.05) is 12.2 Å². The van der Waals surface area contributed by atoms with E-state index in [2.05, 4.69) is 28.6 Å². The van der Waals surface area contributed by atoms with Crippen molar-refractivity contribution in [2.24, 2.45) is 0 Å². The number of nitrogens with one attached hydrogen (secondary N) is 2. The summed E-state index contributed by atoms with van der Waals surface area (Å²) in [5.74, 6) is 0. The molecule has 0 aliphatic heterocycles. The van der Waals surface area contributed by atoms with Gasteiger partial charge in [-0.25, -0.2) is 0 Å². The van der Waals surface area contributed by atoms with E-state index in [1.807, 2.05) is 12.3 Å². The normalized spacial score (nSPS) is 15.8. The third kappa shape index (κ3) is 3.66. The molecule has 2 N–H and O–H groups in total. The first-order chi connectivity index (χ1) is 8.25. The van der Waals surface area contributed by atoms with Crippen molar-refractivity contribution in [1.29, 1.82) is 0 Å². The molecule has 0 radical (unpaired) electrons. The van der Waals surface area contributed by atoms with Crippen molar-refractivity contribution in [3.63, 3.8) is 0 Å². The van der Waals surface area contributed by atoms with Gasteiger partial charge in [0.2, 0.25) is 0 Å². The number of aromatic nitrogens is 1. The number of hydrogen-bond acceptors (Lipinski definition) is 2. The summed E-state index contributed by atoms with van der Waals surface area (Å²) >= 11 is 5.28. The predicted molar refractivity (Wildman–Crippen MR) is 73.8 cm³/mol. The largest absolute Gasteiger partial charge is 0.360 e. The van der Waals surface area contributed by atoms with Gasteiger partial charge in [-0.05, 0) is 43.6 Å². The fourth-order valence-corrected chi connectivity index (χ4v) is 2.41. The third-order valence-electron chi connectivity index (χ3n) is 3.22. The molecule has 1 aromatic heterocycles. The van der Waals surface area contributed by atoms with Crippen LogP contribution in [0.5, 0.6) is 0 Å². The van der Waals surface area contributed by atoms with Crippen LogP contribution in [-0.2, 0) is 6.54 Å². The van der Waals surface area contributed by atoms with E-state index in [0.29, 0.717) is 12.6 Å². The number of rotatable bonds is 3. The number of aryl methyl sites for hydroxylation is 1. The Labute approximate surface area is 108 Å². The summed E-state index contributed by atoms with van der Waals surface area (Å²) in [5, 5.41) is 7.34. The molecular formula is C13H19N3S. The van der Waals surface area contributed by atoms with Crippen molar-refractivity contribution < 1.29 is 0 Å². The van der Waals surface area contributed by atoms with Crippen LogP contribution < -0.4 is 10.6 Å². The van der Waals surface area contributed by atoms with Crippen LogP contribution in [0, 0.1) is 6.92 Å². The lowest BCUT2D eigenvalue weighted by atomic mass is 10.2. The van der Waals surface area contributed by atoms with Gasteiger partial charge in [-0.2, -0.15) is 0 Å². The van der Waals surface area contributed by atoms with Gasteiger partial charge < -0.3 is 10.6 Å². The van der Waals surface area contributed by atoms with E-state index in [-0.39, 0.29) is 0 Å². The molecule has 3 nitrogen and oxygen atoms in total. The van der Waals surface area contributed by atoms with Crippen molar-refractivity contribution in [2.75, 3.05) is 0 Å². The number of hydrogen-bond donors (Lipinski definition) is 2. The van der Waals surface area contributed by atoms with Crippen LogP contribution in [0.3, 0.4) is 0 Å². The fourth-order valence-electron chi connectivity index (χ4n) is 2.17. The molecule has 1 fully saturated rings. The lowest BCUT2D eigenvalue weighted by molar-refractivity contribution is 0.620. The van der Waals surface area contributed by atoms with Gasteiger partial charge in [0.1, 0.15) is 0 Å². The van der Waals surface area contributed by atoms with Crippen LogP contribution in [0.2, 0.25) is 0 Å². The Hall–Kier alpha value is -1.16. The molecular weight excluding hydrogens is 230 g/mol. The Morgan fingerprint density at radius 3 is 2.94 bits per heavy atom. The van der Waals surface area contributed by atoms with Crippen molar-refractivity contribution in [1.82, 2.24) is 15.6 Å². The second kappa shape index (κ2) is 5.96.